The lowest BCUT2D eigenvalue weighted by atomic mass is 9.94. The molecule has 1 aliphatic rings. The molecule has 2 rings (SSSR count). The van der Waals surface area contributed by atoms with Crippen LogP contribution in [0.4, 0.5) is 5.82 Å². The minimum atomic E-state index is 0.0554. The highest BCUT2D eigenvalue weighted by Crippen LogP contribution is 2.18. The molecule has 1 atom stereocenters. The van der Waals surface area contributed by atoms with E-state index in [9.17, 15) is 4.79 Å². The Hall–Kier alpha value is -0.940. The first-order chi connectivity index (χ1) is 9.15. The predicted molar refractivity (Wildman–Crippen MR) is 80.1 cm³/mol. The van der Waals surface area contributed by atoms with Crippen molar-refractivity contribution in [3.8, 4) is 0 Å². The van der Waals surface area contributed by atoms with Gasteiger partial charge in [0.2, 0.25) is 5.91 Å². The van der Waals surface area contributed by atoms with Gasteiger partial charge in [-0.05, 0) is 73.3 Å². The van der Waals surface area contributed by atoms with Gasteiger partial charge in [0.1, 0.15) is 5.82 Å². The Morgan fingerprint density at radius 2 is 2.42 bits per heavy atom. The molecule has 1 fully saturated rings. The second kappa shape index (κ2) is 7.01. The molecule has 1 aliphatic heterocycles. The third kappa shape index (κ3) is 4.58. The summed E-state index contributed by atoms with van der Waals surface area (Å²) in [7, 11) is 0. The fourth-order valence-electron chi connectivity index (χ4n) is 2.32. The molecule has 2 heterocycles. The summed E-state index contributed by atoms with van der Waals surface area (Å²) >= 11 is 3.40. The van der Waals surface area contributed by atoms with Crippen molar-refractivity contribution in [2.45, 2.75) is 32.6 Å². The Labute approximate surface area is 122 Å². The summed E-state index contributed by atoms with van der Waals surface area (Å²) in [5, 5.41) is 6.23. The van der Waals surface area contributed by atoms with Crippen molar-refractivity contribution < 1.29 is 4.79 Å². The number of hydrogen-bond donors (Lipinski definition) is 2. The van der Waals surface area contributed by atoms with Gasteiger partial charge >= 0.3 is 0 Å². The maximum atomic E-state index is 11.9. The SMILES string of the molecule is Cc1nc(NC(=O)CCC2CCCNC2)ccc1Br. The summed E-state index contributed by atoms with van der Waals surface area (Å²) in [6, 6.07) is 3.72. The summed E-state index contributed by atoms with van der Waals surface area (Å²) < 4.78 is 0.957. The summed E-state index contributed by atoms with van der Waals surface area (Å²) in [5.41, 5.74) is 0.884. The van der Waals surface area contributed by atoms with Gasteiger partial charge in [-0.2, -0.15) is 0 Å². The molecule has 1 aromatic rings. The van der Waals surface area contributed by atoms with E-state index in [0.29, 0.717) is 18.2 Å². The van der Waals surface area contributed by atoms with Crippen molar-refractivity contribution >= 4 is 27.7 Å². The van der Waals surface area contributed by atoms with E-state index in [1.165, 1.54) is 12.8 Å². The Kier molecular flexibility index (Phi) is 5.34. The smallest absolute Gasteiger partial charge is 0.225 e. The first-order valence-electron chi connectivity index (χ1n) is 6.79. The van der Waals surface area contributed by atoms with Crippen LogP contribution >= 0.6 is 15.9 Å². The number of carbonyl (C=O) groups is 1. The maximum absolute atomic E-state index is 11.9. The van der Waals surface area contributed by atoms with Crippen LogP contribution in [0.2, 0.25) is 0 Å². The molecule has 0 spiro atoms. The number of aromatic nitrogens is 1. The van der Waals surface area contributed by atoms with Crippen molar-refractivity contribution in [1.82, 2.24) is 10.3 Å². The number of hydrogen-bond acceptors (Lipinski definition) is 3. The molecule has 1 aromatic heterocycles. The van der Waals surface area contributed by atoms with E-state index in [-0.39, 0.29) is 5.91 Å². The van der Waals surface area contributed by atoms with Gasteiger partial charge in [0.15, 0.2) is 0 Å². The quantitative estimate of drug-likeness (QED) is 0.895. The van der Waals surface area contributed by atoms with Gasteiger partial charge in [0.05, 0.1) is 5.69 Å². The molecule has 0 bridgehead atoms. The first kappa shape index (κ1) is 14.5. The zero-order valence-corrected chi connectivity index (χ0v) is 12.8. The zero-order chi connectivity index (χ0) is 13.7. The number of nitrogens with zero attached hydrogens (tertiary/aromatic N) is 1. The number of carbonyl (C=O) groups excluding carboxylic acids is 1. The second-order valence-corrected chi connectivity index (χ2v) is 5.92. The molecular weight excluding hydrogens is 306 g/mol. The van der Waals surface area contributed by atoms with E-state index in [1.807, 2.05) is 19.1 Å². The van der Waals surface area contributed by atoms with Crippen LogP contribution in [0, 0.1) is 12.8 Å². The van der Waals surface area contributed by atoms with E-state index in [0.717, 1.165) is 29.7 Å². The molecule has 4 nitrogen and oxygen atoms in total. The Morgan fingerprint density at radius 1 is 1.58 bits per heavy atom. The molecule has 1 unspecified atom stereocenters. The number of halogens is 1. The van der Waals surface area contributed by atoms with E-state index in [1.54, 1.807) is 0 Å². The minimum absolute atomic E-state index is 0.0554. The van der Waals surface area contributed by atoms with Crippen LogP contribution in [0.25, 0.3) is 0 Å². The number of piperidine rings is 1. The zero-order valence-electron chi connectivity index (χ0n) is 11.2. The van der Waals surface area contributed by atoms with Crippen LogP contribution < -0.4 is 10.6 Å². The second-order valence-electron chi connectivity index (χ2n) is 5.06. The molecule has 5 heteroatoms. The van der Waals surface area contributed by atoms with Crippen molar-refractivity contribution in [2.24, 2.45) is 5.92 Å². The van der Waals surface area contributed by atoms with Gasteiger partial charge in [-0.25, -0.2) is 4.98 Å². The summed E-state index contributed by atoms with van der Waals surface area (Å²) in [4.78, 5) is 16.2. The molecule has 1 saturated heterocycles. The van der Waals surface area contributed by atoms with Gasteiger partial charge in [0, 0.05) is 10.9 Å². The largest absolute Gasteiger partial charge is 0.316 e. The fourth-order valence-corrected chi connectivity index (χ4v) is 2.55. The monoisotopic (exact) mass is 325 g/mol. The van der Waals surface area contributed by atoms with Crippen LogP contribution in [-0.4, -0.2) is 24.0 Å². The highest BCUT2D eigenvalue weighted by atomic mass is 79.9. The van der Waals surface area contributed by atoms with Gasteiger partial charge < -0.3 is 10.6 Å². The van der Waals surface area contributed by atoms with Crippen LogP contribution in [0.1, 0.15) is 31.4 Å². The standard InChI is InChI=1S/C14H20BrN3O/c1-10-12(15)5-6-13(17-10)18-14(19)7-4-11-3-2-8-16-9-11/h5-6,11,16H,2-4,7-9H2,1H3,(H,17,18,19). The van der Waals surface area contributed by atoms with Crippen molar-refractivity contribution in [2.75, 3.05) is 18.4 Å². The van der Waals surface area contributed by atoms with E-state index in [4.69, 9.17) is 0 Å². The number of amides is 1. The lowest BCUT2D eigenvalue weighted by Gasteiger charge is -2.22. The molecule has 2 N–H and O–H groups in total. The van der Waals surface area contributed by atoms with Gasteiger partial charge in [0.25, 0.3) is 0 Å². The molecule has 0 aromatic carbocycles. The molecule has 19 heavy (non-hydrogen) atoms. The lowest BCUT2D eigenvalue weighted by molar-refractivity contribution is -0.116. The van der Waals surface area contributed by atoms with Gasteiger partial charge in [-0.15, -0.1) is 0 Å². The number of aryl methyl sites for hydroxylation is 1. The van der Waals surface area contributed by atoms with Gasteiger partial charge in [-0.3, -0.25) is 4.79 Å². The average Bonchev–Trinajstić information content (AvgIpc) is 2.42. The third-order valence-electron chi connectivity index (χ3n) is 3.47. The number of pyridine rings is 1. The number of nitrogens with one attached hydrogen (secondary N) is 2. The van der Waals surface area contributed by atoms with Crippen LogP contribution in [0.15, 0.2) is 16.6 Å². The molecule has 104 valence electrons. The Bertz CT molecular complexity index is 444. The molecule has 1 amide bonds. The van der Waals surface area contributed by atoms with Crippen LogP contribution in [0.5, 0.6) is 0 Å². The highest BCUT2D eigenvalue weighted by Gasteiger charge is 2.14. The lowest BCUT2D eigenvalue weighted by Crippen LogP contribution is -2.30. The van der Waals surface area contributed by atoms with E-state index >= 15 is 0 Å². The number of rotatable bonds is 4. The molecule has 0 aliphatic carbocycles. The van der Waals surface area contributed by atoms with Crippen molar-refractivity contribution in [3.05, 3.63) is 22.3 Å². The maximum Gasteiger partial charge on any atom is 0.225 e. The minimum Gasteiger partial charge on any atom is -0.316 e. The van der Waals surface area contributed by atoms with E-state index < -0.39 is 0 Å². The van der Waals surface area contributed by atoms with Crippen molar-refractivity contribution in [3.63, 3.8) is 0 Å². The molecular formula is C14H20BrN3O. The predicted octanol–water partition coefficient (Wildman–Crippen LogP) is 2.87. The number of anilines is 1. The van der Waals surface area contributed by atoms with Gasteiger partial charge in [-0.1, -0.05) is 0 Å². The third-order valence-corrected chi connectivity index (χ3v) is 4.31. The molecule has 0 radical (unpaired) electrons. The Morgan fingerprint density at radius 3 is 3.11 bits per heavy atom. The van der Waals surface area contributed by atoms with Crippen LogP contribution in [0.3, 0.4) is 0 Å². The highest BCUT2D eigenvalue weighted by molar-refractivity contribution is 9.10. The topological polar surface area (TPSA) is 54.0 Å². The summed E-state index contributed by atoms with van der Waals surface area (Å²) in [5.74, 6) is 1.33. The van der Waals surface area contributed by atoms with Crippen molar-refractivity contribution in [1.29, 1.82) is 0 Å². The normalized spacial score (nSPS) is 19.2. The average molecular weight is 326 g/mol. The first-order valence-corrected chi connectivity index (χ1v) is 7.58. The van der Waals surface area contributed by atoms with E-state index in [2.05, 4.69) is 31.5 Å². The molecule has 0 saturated carbocycles. The Balaban J connectivity index is 1.78. The van der Waals surface area contributed by atoms with Crippen LogP contribution in [-0.2, 0) is 4.79 Å². The summed E-state index contributed by atoms with van der Waals surface area (Å²) in [6.07, 6.45) is 3.98. The summed E-state index contributed by atoms with van der Waals surface area (Å²) in [6.45, 7) is 4.07. The fraction of sp³-hybridized carbons (Fsp3) is 0.571.